The average molecular weight is 222 g/mol. The van der Waals surface area contributed by atoms with E-state index in [-0.39, 0.29) is 0 Å². The Kier molecular flexibility index (Phi) is 8.94. The first-order valence-corrected chi connectivity index (χ1v) is 5.13. The van der Waals surface area contributed by atoms with Crippen molar-refractivity contribution in [2.45, 2.75) is 0 Å². The van der Waals surface area contributed by atoms with E-state index in [1.807, 2.05) is 0 Å². The van der Waals surface area contributed by atoms with E-state index in [1.54, 1.807) is 28.4 Å². The summed E-state index contributed by atoms with van der Waals surface area (Å²) in [6.45, 7) is 4.42. The molecule has 0 spiro atoms. The zero-order valence-electron chi connectivity index (χ0n) is 10.3. The van der Waals surface area contributed by atoms with Crippen LogP contribution in [0, 0.1) is 0 Å². The molecule has 0 aliphatic carbocycles. The molecule has 0 N–H and O–H groups in total. The number of quaternary nitrogens is 1. The maximum absolute atomic E-state index is 5.54. The molecule has 15 heavy (non-hydrogen) atoms. The monoisotopic (exact) mass is 222 g/mol. The summed E-state index contributed by atoms with van der Waals surface area (Å²) in [4.78, 5) is 5.54. The van der Waals surface area contributed by atoms with Crippen molar-refractivity contribution in [1.82, 2.24) is 0 Å². The predicted molar refractivity (Wildman–Crippen MR) is 57.5 cm³/mol. The van der Waals surface area contributed by atoms with E-state index in [2.05, 4.69) is 0 Å². The molecule has 0 rings (SSSR count). The van der Waals surface area contributed by atoms with Crippen molar-refractivity contribution in [2.24, 2.45) is 0 Å². The summed E-state index contributed by atoms with van der Waals surface area (Å²) in [7, 11) is 6.78. The molecule has 0 heterocycles. The molecule has 0 saturated heterocycles. The number of nitrogens with zero attached hydrogens (tertiary/aromatic N) is 1. The van der Waals surface area contributed by atoms with Crippen LogP contribution in [-0.2, 0) is 19.0 Å². The molecule has 0 aromatic carbocycles. The molecule has 0 aromatic heterocycles. The molecule has 0 atom stereocenters. The third-order valence-electron chi connectivity index (χ3n) is 2.50. The summed E-state index contributed by atoms with van der Waals surface area (Å²) in [6.07, 6.45) is 0. The molecule has 5 heteroatoms. The van der Waals surface area contributed by atoms with E-state index in [4.69, 9.17) is 19.0 Å². The van der Waals surface area contributed by atoms with Gasteiger partial charge in [-0.15, -0.1) is 0 Å². The highest BCUT2D eigenvalue weighted by Gasteiger charge is 2.27. The van der Waals surface area contributed by atoms with Gasteiger partial charge in [-0.25, -0.2) is 4.84 Å². The molecule has 0 aromatic rings. The number of ether oxygens (including phenoxy) is 3. The molecule has 0 unspecified atom stereocenters. The molecular formula is C10H24NO4+. The van der Waals surface area contributed by atoms with Gasteiger partial charge in [-0.05, 0) is 0 Å². The fourth-order valence-electron chi connectivity index (χ4n) is 1.38. The van der Waals surface area contributed by atoms with Crippen molar-refractivity contribution < 1.29 is 23.7 Å². The molecule has 0 aliphatic heterocycles. The third-order valence-corrected chi connectivity index (χ3v) is 2.50. The number of rotatable bonds is 10. The molecule has 92 valence electrons. The van der Waals surface area contributed by atoms with E-state index in [0.29, 0.717) is 24.5 Å². The molecule has 0 fully saturated rings. The standard InChI is InChI=1S/C10H24NO4/c1-12-8-5-11(15-4,6-9-13-2)7-10-14-3/h5-10H2,1-4H3/q+1. The van der Waals surface area contributed by atoms with Crippen LogP contribution in [0.25, 0.3) is 0 Å². The fraction of sp³-hybridized carbons (Fsp3) is 1.00. The minimum Gasteiger partial charge on any atom is -0.379 e. The summed E-state index contributed by atoms with van der Waals surface area (Å²) < 4.78 is 15.8. The Morgan fingerprint density at radius 3 is 1.20 bits per heavy atom. The predicted octanol–water partition coefficient (Wildman–Crippen LogP) is 0.304. The smallest absolute Gasteiger partial charge is 0.132 e. The second-order valence-corrected chi connectivity index (χ2v) is 3.39. The lowest BCUT2D eigenvalue weighted by molar-refractivity contribution is -1.10. The van der Waals surface area contributed by atoms with Gasteiger partial charge < -0.3 is 14.2 Å². The van der Waals surface area contributed by atoms with Gasteiger partial charge in [0.05, 0.1) is 26.9 Å². The Bertz CT molecular complexity index is 122. The molecule has 0 saturated carbocycles. The Morgan fingerprint density at radius 1 is 0.667 bits per heavy atom. The zero-order valence-corrected chi connectivity index (χ0v) is 10.3. The van der Waals surface area contributed by atoms with Gasteiger partial charge in [-0.1, -0.05) is 0 Å². The fourth-order valence-corrected chi connectivity index (χ4v) is 1.38. The second-order valence-electron chi connectivity index (χ2n) is 3.39. The van der Waals surface area contributed by atoms with Gasteiger partial charge in [0.15, 0.2) is 0 Å². The first-order chi connectivity index (χ1) is 7.24. The average Bonchev–Trinajstić information content (AvgIpc) is 2.29. The lowest BCUT2D eigenvalue weighted by atomic mass is 10.4. The van der Waals surface area contributed by atoms with Crippen molar-refractivity contribution in [2.75, 3.05) is 67.9 Å². The van der Waals surface area contributed by atoms with Gasteiger partial charge in [0.1, 0.15) is 19.6 Å². The van der Waals surface area contributed by atoms with Gasteiger partial charge in [0.25, 0.3) is 0 Å². The Balaban J connectivity index is 4.16. The van der Waals surface area contributed by atoms with Crippen LogP contribution in [0.15, 0.2) is 0 Å². The third kappa shape index (κ3) is 6.06. The highest BCUT2D eigenvalue weighted by Crippen LogP contribution is 2.07. The van der Waals surface area contributed by atoms with Crippen molar-refractivity contribution in [3.63, 3.8) is 0 Å². The van der Waals surface area contributed by atoms with E-state index in [0.717, 1.165) is 19.6 Å². The van der Waals surface area contributed by atoms with Crippen LogP contribution in [0.3, 0.4) is 0 Å². The van der Waals surface area contributed by atoms with Gasteiger partial charge in [-0.2, -0.15) is 4.65 Å². The SMILES string of the molecule is COCC[N+](CCOC)(CCOC)OC. The molecule has 0 amide bonds. The van der Waals surface area contributed by atoms with Crippen LogP contribution in [-0.4, -0.2) is 72.5 Å². The number of hydroxylamine groups is 3. The summed E-state index contributed by atoms with van der Waals surface area (Å²) in [5.41, 5.74) is 0. The van der Waals surface area contributed by atoms with Gasteiger partial charge in [-0.3, -0.25) is 0 Å². The largest absolute Gasteiger partial charge is 0.379 e. The highest BCUT2D eigenvalue weighted by molar-refractivity contribution is 4.37. The van der Waals surface area contributed by atoms with E-state index < -0.39 is 0 Å². The number of hydrogen-bond donors (Lipinski definition) is 0. The van der Waals surface area contributed by atoms with Crippen LogP contribution in [0.1, 0.15) is 0 Å². The molecular weight excluding hydrogens is 198 g/mol. The Morgan fingerprint density at radius 2 is 1.00 bits per heavy atom. The Labute approximate surface area is 92.4 Å². The van der Waals surface area contributed by atoms with Gasteiger partial charge in [0, 0.05) is 21.3 Å². The quantitative estimate of drug-likeness (QED) is 0.393. The van der Waals surface area contributed by atoms with Crippen LogP contribution in [0.4, 0.5) is 0 Å². The van der Waals surface area contributed by atoms with Crippen LogP contribution in [0.2, 0.25) is 0 Å². The molecule has 0 bridgehead atoms. The molecule has 5 nitrogen and oxygen atoms in total. The van der Waals surface area contributed by atoms with Gasteiger partial charge >= 0.3 is 0 Å². The summed E-state index contributed by atoms with van der Waals surface area (Å²) in [5, 5.41) is 0. The number of methoxy groups -OCH3 is 3. The molecule has 0 radical (unpaired) electrons. The van der Waals surface area contributed by atoms with Crippen LogP contribution < -0.4 is 0 Å². The summed E-state index contributed by atoms with van der Waals surface area (Å²) in [5.74, 6) is 0. The van der Waals surface area contributed by atoms with Gasteiger partial charge in [0.2, 0.25) is 0 Å². The van der Waals surface area contributed by atoms with Crippen molar-refractivity contribution in [1.29, 1.82) is 0 Å². The van der Waals surface area contributed by atoms with Crippen molar-refractivity contribution in [3.8, 4) is 0 Å². The van der Waals surface area contributed by atoms with E-state index in [1.165, 1.54) is 0 Å². The maximum atomic E-state index is 5.54. The van der Waals surface area contributed by atoms with E-state index in [9.17, 15) is 0 Å². The summed E-state index contributed by atoms with van der Waals surface area (Å²) >= 11 is 0. The Hall–Kier alpha value is -0.200. The minimum atomic E-state index is 0.509. The maximum Gasteiger partial charge on any atom is 0.132 e. The molecule has 0 aliphatic rings. The summed E-state index contributed by atoms with van der Waals surface area (Å²) in [6, 6.07) is 0. The van der Waals surface area contributed by atoms with Crippen LogP contribution >= 0.6 is 0 Å². The van der Waals surface area contributed by atoms with Crippen molar-refractivity contribution >= 4 is 0 Å². The number of hydrogen-bond acceptors (Lipinski definition) is 4. The lowest BCUT2D eigenvalue weighted by Crippen LogP contribution is -2.52. The first kappa shape index (κ1) is 14.8. The minimum absolute atomic E-state index is 0.509. The lowest BCUT2D eigenvalue weighted by Gasteiger charge is -2.33. The first-order valence-electron chi connectivity index (χ1n) is 5.13. The zero-order chi connectivity index (χ0) is 11.6. The highest BCUT2D eigenvalue weighted by atomic mass is 16.7. The van der Waals surface area contributed by atoms with E-state index >= 15 is 0 Å². The topological polar surface area (TPSA) is 36.9 Å². The second kappa shape index (κ2) is 9.06. The normalized spacial score (nSPS) is 12.0. The van der Waals surface area contributed by atoms with Crippen LogP contribution in [0.5, 0.6) is 0 Å². The van der Waals surface area contributed by atoms with Crippen molar-refractivity contribution in [3.05, 3.63) is 0 Å².